The van der Waals surface area contributed by atoms with Gasteiger partial charge in [-0.3, -0.25) is 4.79 Å². The first-order valence-corrected chi connectivity index (χ1v) is 5.54. The first-order chi connectivity index (χ1) is 8.57. The van der Waals surface area contributed by atoms with E-state index >= 15 is 0 Å². The Labute approximate surface area is 103 Å². The van der Waals surface area contributed by atoms with Crippen LogP contribution in [0.2, 0.25) is 0 Å². The molecule has 1 heterocycles. The molecule has 0 saturated heterocycles. The molecule has 2 aromatic rings. The van der Waals surface area contributed by atoms with Crippen LogP contribution in [-0.4, -0.2) is 27.4 Å². The second kappa shape index (κ2) is 4.62. The van der Waals surface area contributed by atoms with Gasteiger partial charge in [0.2, 0.25) is 0 Å². The average molecular weight is 247 g/mol. The molecule has 0 unspecified atom stereocenters. The van der Waals surface area contributed by atoms with E-state index in [1.807, 2.05) is 0 Å². The van der Waals surface area contributed by atoms with Crippen LogP contribution in [0, 0.1) is 6.92 Å². The molecule has 0 aliphatic carbocycles. The van der Waals surface area contributed by atoms with Crippen molar-refractivity contribution in [2.24, 2.45) is 0 Å². The quantitative estimate of drug-likeness (QED) is 0.848. The minimum Gasteiger partial charge on any atom is -0.477 e. The molecule has 1 aromatic heterocycles. The first-order valence-electron chi connectivity index (χ1n) is 5.54. The van der Waals surface area contributed by atoms with Crippen LogP contribution < -0.4 is 5.43 Å². The van der Waals surface area contributed by atoms with Crippen molar-refractivity contribution in [3.63, 3.8) is 0 Å². The van der Waals surface area contributed by atoms with E-state index in [9.17, 15) is 14.7 Å². The Morgan fingerprint density at radius 1 is 1.33 bits per heavy atom. The van der Waals surface area contributed by atoms with E-state index < -0.39 is 5.97 Å². The minimum atomic E-state index is -1.16. The molecule has 0 bridgehead atoms. The molecule has 0 spiro atoms. The minimum absolute atomic E-state index is 0.0623. The van der Waals surface area contributed by atoms with Crippen LogP contribution in [0.4, 0.5) is 0 Å². The Morgan fingerprint density at radius 3 is 2.61 bits per heavy atom. The fraction of sp³-hybridized carbons (Fsp3) is 0.231. The molecule has 0 saturated carbocycles. The third-order valence-corrected chi connectivity index (χ3v) is 2.93. The topological polar surface area (TPSA) is 79.5 Å². The summed E-state index contributed by atoms with van der Waals surface area (Å²) in [5.41, 5.74) is 0.374. The number of carboxylic acids is 1. The maximum atomic E-state index is 12.1. The second-order valence-corrected chi connectivity index (χ2v) is 4.00. The average Bonchev–Trinajstić information content (AvgIpc) is 2.35. The summed E-state index contributed by atoms with van der Waals surface area (Å²) >= 11 is 0. The number of aromatic carboxylic acids is 1. The van der Waals surface area contributed by atoms with Gasteiger partial charge in [0.15, 0.2) is 5.43 Å². The monoisotopic (exact) mass is 247 g/mol. The molecule has 0 fully saturated rings. The van der Waals surface area contributed by atoms with Gasteiger partial charge in [0.05, 0.1) is 12.1 Å². The number of nitrogens with zero attached hydrogens (tertiary/aromatic N) is 1. The highest BCUT2D eigenvalue weighted by molar-refractivity contribution is 5.92. The third kappa shape index (κ3) is 1.78. The zero-order chi connectivity index (χ0) is 13.3. The number of hydrogen-bond donors (Lipinski definition) is 2. The van der Waals surface area contributed by atoms with Crippen molar-refractivity contribution in [3.8, 4) is 0 Å². The Morgan fingerprint density at radius 2 is 2.00 bits per heavy atom. The predicted molar refractivity (Wildman–Crippen MR) is 67.0 cm³/mol. The Hall–Kier alpha value is -2.14. The smallest absolute Gasteiger partial charge is 0.352 e. The highest BCUT2D eigenvalue weighted by Crippen LogP contribution is 2.16. The summed E-state index contributed by atoms with van der Waals surface area (Å²) in [7, 11) is 0. The van der Waals surface area contributed by atoms with Crippen LogP contribution in [0.1, 0.15) is 16.1 Å². The molecule has 0 aliphatic heterocycles. The Kier molecular flexibility index (Phi) is 3.16. The lowest BCUT2D eigenvalue weighted by Crippen LogP contribution is -2.23. The molecule has 0 amide bonds. The largest absolute Gasteiger partial charge is 0.477 e. The van der Waals surface area contributed by atoms with Gasteiger partial charge < -0.3 is 14.8 Å². The lowest BCUT2D eigenvalue weighted by atomic mass is 10.1. The molecule has 5 heteroatoms. The van der Waals surface area contributed by atoms with E-state index in [2.05, 4.69) is 0 Å². The number of carbonyl (C=O) groups is 1. The normalized spacial score (nSPS) is 10.8. The maximum absolute atomic E-state index is 12.1. The number of carboxylic acid groups (broad SMARTS) is 1. The Bertz CT molecular complexity index is 672. The zero-order valence-corrected chi connectivity index (χ0v) is 9.88. The lowest BCUT2D eigenvalue weighted by Gasteiger charge is -2.15. The molecule has 0 atom stereocenters. The molecule has 2 rings (SSSR count). The van der Waals surface area contributed by atoms with Gasteiger partial charge in [-0.05, 0) is 19.1 Å². The van der Waals surface area contributed by atoms with Crippen molar-refractivity contribution in [2.75, 3.05) is 6.61 Å². The molecular formula is C13H13NO4. The fourth-order valence-electron chi connectivity index (χ4n) is 2.14. The number of benzene rings is 1. The van der Waals surface area contributed by atoms with Gasteiger partial charge in [0.1, 0.15) is 5.69 Å². The molecule has 1 aromatic carbocycles. The van der Waals surface area contributed by atoms with E-state index in [1.54, 1.807) is 24.3 Å². The standard InChI is InChI=1S/C13H13NO4/c1-8-11(13(17)18)14(6-7-15)10-5-3-2-4-9(10)12(8)16/h2-5,15H,6-7H2,1H3,(H,17,18). The highest BCUT2D eigenvalue weighted by atomic mass is 16.4. The van der Waals surface area contributed by atoms with Gasteiger partial charge in [-0.2, -0.15) is 0 Å². The number of aliphatic hydroxyl groups is 1. The summed E-state index contributed by atoms with van der Waals surface area (Å²) in [5, 5.41) is 18.7. The van der Waals surface area contributed by atoms with Crippen molar-refractivity contribution in [2.45, 2.75) is 13.5 Å². The summed E-state index contributed by atoms with van der Waals surface area (Å²) in [6.07, 6.45) is 0. The van der Waals surface area contributed by atoms with Crippen molar-refractivity contribution in [1.29, 1.82) is 0 Å². The summed E-state index contributed by atoms with van der Waals surface area (Å²) in [6.45, 7) is 1.45. The zero-order valence-electron chi connectivity index (χ0n) is 9.88. The molecule has 2 N–H and O–H groups in total. The summed E-state index contributed by atoms with van der Waals surface area (Å²) in [4.78, 5) is 23.3. The molecule has 94 valence electrons. The Balaban J connectivity index is 2.98. The van der Waals surface area contributed by atoms with Crippen LogP contribution >= 0.6 is 0 Å². The van der Waals surface area contributed by atoms with Crippen LogP contribution in [0.25, 0.3) is 10.9 Å². The van der Waals surface area contributed by atoms with E-state index in [-0.39, 0.29) is 29.8 Å². The predicted octanol–water partition coefficient (Wildman–Crippen LogP) is 1.00. The summed E-state index contributed by atoms with van der Waals surface area (Å²) < 4.78 is 1.47. The number of pyridine rings is 1. The number of para-hydroxylation sites is 1. The maximum Gasteiger partial charge on any atom is 0.352 e. The van der Waals surface area contributed by atoms with Crippen molar-refractivity contribution < 1.29 is 15.0 Å². The number of aromatic nitrogens is 1. The van der Waals surface area contributed by atoms with Crippen molar-refractivity contribution >= 4 is 16.9 Å². The third-order valence-electron chi connectivity index (χ3n) is 2.93. The van der Waals surface area contributed by atoms with Gasteiger partial charge in [-0.25, -0.2) is 4.79 Å². The molecule has 18 heavy (non-hydrogen) atoms. The SMILES string of the molecule is Cc1c(C(=O)O)n(CCO)c2ccccc2c1=O. The van der Waals surface area contributed by atoms with E-state index in [0.29, 0.717) is 10.9 Å². The number of aliphatic hydroxyl groups excluding tert-OH is 1. The molecule has 0 aliphatic rings. The van der Waals surface area contributed by atoms with Crippen LogP contribution in [0.3, 0.4) is 0 Å². The second-order valence-electron chi connectivity index (χ2n) is 4.00. The van der Waals surface area contributed by atoms with Gasteiger partial charge >= 0.3 is 5.97 Å². The number of hydrogen-bond acceptors (Lipinski definition) is 3. The lowest BCUT2D eigenvalue weighted by molar-refractivity contribution is 0.0682. The molecule has 5 nitrogen and oxygen atoms in total. The van der Waals surface area contributed by atoms with E-state index in [4.69, 9.17) is 5.11 Å². The van der Waals surface area contributed by atoms with Gasteiger partial charge in [-0.15, -0.1) is 0 Å². The van der Waals surface area contributed by atoms with Crippen molar-refractivity contribution in [1.82, 2.24) is 4.57 Å². The van der Waals surface area contributed by atoms with Crippen molar-refractivity contribution in [3.05, 3.63) is 45.7 Å². The van der Waals surface area contributed by atoms with E-state index in [0.717, 1.165) is 0 Å². The number of fused-ring (bicyclic) bond motifs is 1. The summed E-state index contributed by atoms with van der Waals surface area (Å²) in [5.74, 6) is -1.16. The summed E-state index contributed by atoms with van der Waals surface area (Å²) in [6, 6.07) is 6.80. The van der Waals surface area contributed by atoms with E-state index in [1.165, 1.54) is 11.5 Å². The first kappa shape index (κ1) is 12.3. The van der Waals surface area contributed by atoms with Gasteiger partial charge in [0, 0.05) is 17.5 Å². The molecule has 0 radical (unpaired) electrons. The van der Waals surface area contributed by atoms with Crippen LogP contribution in [-0.2, 0) is 6.54 Å². The van der Waals surface area contributed by atoms with Crippen LogP contribution in [0.15, 0.2) is 29.1 Å². The van der Waals surface area contributed by atoms with Gasteiger partial charge in [-0.1, -0.05) is 12.1 Å². The fourth-order valence-corrected chi connectivity index (χ4v) is 2.14. The van der Waals surface area contributed by atoms with Gasteiger partial charge in [0.25, 0.3) is 0 Å². The number of rotatable bonds is 3. The molecular weight excluding hydrogens is 234 g/mol. The van der Waals surface area contributed by atoms with Crippen LogP contribution in [0.5, 0.6) is 0 Å². The highest BCUT2D eigenvalue weighted by Gasteiger charge is 2.18.